The van der Waals surface area contributed by atoms with Crippen LogP contribution in [0.1, 0.15) is 19.8 Å². The lowest BCUT2D eigenvalue weighted by Gasteiger charge is -2.14. The fraction of sp³-hybridized carbons (Fsp3) is 0.600. The summed E-state index contributed by atoms with van der Waals surface area (Å²) in [5.74, 6) is 0. The summed E-state index contributed by atoms with van der Waals surface area (Å²) in [4.78, 5) is 15.3. The molecule has 1 atom stereocenters. The average Bonchev–Trinajstić information content (AvgIpc) is 2.80. The van der Waals surface area contributed by atoms with Crippen LogP contribution in [0.5, 0.6) is 0 Å². The van der Waals surface area contributed by atoms with Crippen molar-refractivity contribution in [1.29, 1.82) is 0 Å². The second-order valence-corrected chi connectivity index (χ2v) is 4.05. The van der Waals surface area contributed by atoms with Crippen LogP contribution >= 0.6 is 0 Å². The van der Waals surface area contributed by atoms with Gasteiger partial charge < -0.3 is 15.2 Å². The fourth-order valence-electron chi connectivity index (χ4n) is 1.44. The molecule has 1 unspecified atom stereocenters. The molecule has 0 saturated heterocycles. The Morgan fingerprint density at radius 1 is 1.67 bits per heavy atom. The minimum Gasteiger partial charge on any atom is -0.335 e. The highest BCUT2D eigenvalue weighted by atomic mass is 16.2. The Morgan fingerprint density at radius 3 is 3.07 bits per heavy atom. The zero-order chi connectivity index (χ0) is 10.7. The lowest BCUT2D eigenvalue weighted by molar-refractivity contribution is 0.236. The van der Waals surface area contributed by atoms with Gasteiger partial charge >= 0.3 is 6.03 Å². The molecule has 2 amide bonds. The van der Waals surface area contributed by atoms with Crippen molar-refractivity contribution in [2.75, 3.05) is 0 Å². The van der Waals surface area contributed by atoms with Crippen LogP contribution in [0.2, 0.25) is 0 Å². The number of nitrogens with one attached hydrogen (secondary N) is 2. The molecule has 0 aliphatic heterocycles. The number of carbonyl (C=O) groups is 1. The maximum atomic E-state index is 11.4. The van der Waals surface area contributed by atoms with Gasteiger partial charge in [-0.3, -0.25) is 0 Å². The molecule has 0 bridgehead atoms. The van der Waals surface area contributed by atoms with Crippen LogP contribution < -0.4 is 10.6 Å². The Morgan fingerprint density at radius 2 is 2.47 bits per heavy atom. The van der Waals surface area contributed by atoms with Gasteiger partial charge in [0.15, 0.2) is 0 Å². The largest absolute Gasteiger partial charge is 0.335 e. The van der Waals surface area contributed by atoms with E-state index in [2.05, 4.69) is 15.6 Å². The summed E-state index contributed by atoms with van der Waals surface area (Å²) in [6, 6.07) is 0.452. The number of aromatic nitrogens is 2. The number of rotatable bonds is 4. The molecular weight excluding hydrogens is 192 g/mol. The number of nitrogens with zero attached hydrogens (tertiary/aromatic N) is 2. The highest BCUT2D eigenvalue weighted by Crippen LogP contribution is 2.18. The molecule has 2 rings (SSSR count). The second-order valence-electron chi connectivity index (χ2n) is 4.05. The first-order chi connectivity index (χ1) is 7.24. The monoisotopic (exact) mass is 208 g/mol. The molecule has 0 spiro atoms. The highest BCUT2D eigenvalue weighted by molar-refractivity contribution is 5.74. The third-order valence-corrected chi connectivity index (χ3v) is 2.33. The molecule has 1 fully saturated rings. The van der Waals surface area contributed by atoms with Crippen LogP contribution in [0, 0.1) is 0 Å². The van der Waals surface area contributed by atoms with Crippen molar-refractivity contribution in [3.05, 3.63) is 18.7 Å². The van der Waals surface area contributed by atoms with Crippen molar-refractivity contribution in [2.24, 2.45) is 0 Å². The van der Waals surface area contributed by atoms with Gasteiger partial charge in [0.25, 0.3) is 0 Å². The molecule has 0 radical (unpaired) electrons. The van der Waals surface area contributed by atoms with E-state index >= 15 is 0 Å². The Kier molecular flexibility index (Phi) is 2.89. The SMILES string of the molecule is CC(Cn1ccnc1)NC(=O)NC1CC1. The van der Waals surface area contributed by atoms with Gasteiger partial charge in [-0.2, -0.15) is 0 Å². The zero-order valence-corrected chi connectivity index (χ0v) is 8.81. The summed E-state index contributed by atoms with van der Waals surface area (Å²) in [6.45, 7) is 2.73. The van der Waals surface area contributed by atoms with Crippen LogP contribution in [0.25, 0.3) is 0 Å². The lowest BCUT2D eigenvalue weighted by Crippen LogP contribution is -2.43. The van der Waals surface area contributed by atoms with E-state index in [0.29, 0.717) is 6.04 Å². The summed E-state index contributed by atoms with van der Waals surface area (Å²) in [5.41, 5.74) is 0. The van der Waals surface area contributed by atoms with Gasteiger partial charge in [0.2, 0.25) is 0 Å². The summed E-state index contributed by atoms with van der Waals surface area (Å²) < 4.78 is 1.95. The van der Waals surface area contributed by atoms with Gasteiger partial charge in [-0.05, 0) is 19.8 Å². The number of carbonyl (C=O) groups excluding carboxylic acids is 1. The molecule has 15 heavy (non-hydrogen) atoms. The average molecular weight is 208 g/mol. The molecule has 2 N–H and O–H groups in total. The third kappa shape index (κ3) is 3.27. The minimum atomic E-state index is -0.0647. The zero-order valence-electron chi connectivity index (χ0n) is 8.81. The molecule has 82 valence electrons. The standard InChI is InChI=1S/C10H16N4O/c1-8(6-14-5-4-11-7-14)12-10(15)13-9-2-3-9/h4-5,7-9H,2-3,6H2,1H3,(H2,12,13,15). The Labute approximate surface area is 88.9 Å². The second kappa shape index (κ2) is 4.33. The molecule has 1 aromatic heterocycles. The van der Waals surface area contributed by atoms with E-state index in [0.717, 1.165) is 19.4 Å². The Balaban J connectivity index is 1.71. The topological polar surface area (TPSA) is 59.0 Å². The van der Waals surface area contributed by atoms with E-state index in [1.54, 1.807) is 12.5 Å². The van der Waals surface area contributed by atoms with Crippen molar-refractivity contribution in [3.63, 3.8) is 0 Å². The predicted octanol–water partition coefficient (Wildman–Crippen LogP) is 0.733. The molecule has 1 heterocycles. The van der Waals surface area contributed by atoms with Gasteiger partial charge in [0.1, 0.15) is 0 Å². The minimum absolute atomic E-state index is 0.0647. The Hall–Kier alpha value is -1.52. The summed E-state index contributed by atoms with van der Waals surface area (Å²) in [6.07, 6.45) is 7.59. The fourth-order valence-corrected chi connectivity index (χ4v) is 1.44. The molecule has 1 aliphatic carbocycles. The first-order valence-electron chi connectivity index (χ1n) is 5.27. The molecule has 5 nitrogen and oxygen atoms in total. The van der Waals surface area contributed by atoms with Gasteiger partial charge in [0, 0.05) is 31.0 Å². The molecule has 0 aromatic carbocycles. The van der Waals surface area contributed by atoms with E-state index in [1.165, 1.54) is 0 Å². The smallest absolute Gasteiger partial charge is 0.315 e. The highest BCUT2D eigenvalue weighted by Gasteiger charge is 2.23. The van der Waals surface area contributed by atoms with E-state index in [9.17, 15) is 4.79 Å². The number of amides is 2. The number of hydrogen-bond donors (Lipinski definition) is 2. The Bertz CT molecular complexity index is 318. The molecule has 1 saturated carbocycles. The summed E-state index contributed by atoms with van der Waals surface area (Å²) in [5, 5.41) is 5.78. The van der Waals surface area contributed by atoms with Crippen molar-refractivity contribution < 1.29 is 4.79 Å². The van der Waals surface area contributed by atoms with Crippen LogP contribution in [0.15, 0.2) is 18.7 Å². The van der Waals surface area contributed by atoms with Gasteiger partial charge in [0.05, 0.1) is 6.33 Å². The van der Waals surface area contributed by atoms with E-state index in [4.69, 9.17) is 0 Å². The van der Waals surface area contributed by atoms with Crippen LogP contribution in [0.3, 0.4) is 0 Å². The molecule has 1 aliphatic rings. The van der Waals surface area contributed by atoms with Gasteiger partial charge in [-0.15, -0.1) is 0 Å². The molecular formula is C10H16N4O. The normalized spacial score (nSPS) is 17.1. The van der Waals surface area contributed by atoms with Crippen molar-refractivity contribution >= 4 is 6.03 Å². The molecule has 1 aromatic rings. The summed E-state index contributed by atoms with van der Waals surface area (Å²) in [7, 11) is 0. The van der Waals surface area contributed by atoms with E-state index in [1.807, 2.05) is 17.7 Å². The van der Waals surface area contributed by atoms with E-state index < -0.39 is 0 Å². The first-order valence-corrected chi connectivity index (χ1v) is 5.27. The maximum Gasteiger partial charge on any atom is 0.315 e. The van der Waals surface area contributed by atoms with Gasteiger partial charge in [-0.1, -0.05) is 0 Å². The first kappa shape index (κ1) is 10.0. The van der Waals surface area contributed by atoms with E-state index in [-0.39, 0.29) is 12.1 Å². The van der Waals surface area contributed by atoms with Crippen LogP contribution in [0.4, 0.5) is 4.79 Å². The van der Waals surface area contributed by atoms with Crippen molar-refractivity contribution in [1.82, 2.24) is 20.2 Å². The number of urea groups is 1. The van der Waals surface area contributed by atoms with Crippen LogP contribution in [-0.4, -0.2) is 27.7 Å². The number of imidazole rings is 1. The third-order valence-electron chi connectivity index (χ3n) is 2.33. The maximum absolute atomic E-state index is 11.4. The van der Waals surface area contributed by atoms with Gasteiger partial charge in [-0.25, -0.2) is 9.78 Å². The van der Waals surface area contributed by atoms with Crippen molar-refractivity contribution in [3.8, 4) is 0 Å². The van der Waals surface area contributed by atoms with Crippen molar-refractivity contribution in [2.45, 2.75) is 38.4 Å². The summed E-state index contributed by atoms with van der Waals surface area (Å²) >= 11 is 0. The quantitative estimate of drug-likeness (QED) is 0.766. The predicted molar refractivity (Wildman–Crippen MR) is 56.4 cm³/mol. The lowest BCUT2D eigenvalue weighted by atomic mass is 10.3. The number of hydrogen-bond acceptors (Lipinski definition) is 2. The molecule has 5 heteroatoms. The van der Waals surface area contributed by atoms with Crippen LogP contribution in [-0.2, 0) is 6.54 Å².